The second kappa shape index (κ2) is 6.52. The van der Waals surface area contributed by atoms with Gasteiger partial charge in [-0.05, 0) is 31.9 Å². The molecule has 1 N–H and O–H groups in total. The molecule has 1 aromatic rings. The van der Waals surface area contributed by atoms with E-state index in [0.717, 1.165) is 18.5 Å². The zero-order valence-electron chi connectivity index (χ0n) is 11.7. The first-order valence-electron chi connectivity index (χ1n) is 6.93. The summed E-state index contributed by atoms with van der Waals surface area (Å²) in [7, 11) is 0. The van der Waals surface area contributed by atoms with Crippen molar-refractivity contribution in [2.45, 2.75) is 25.8 Å². The van der Waals surface area contributed by atoms with E-state index in [1.165, 1.54) is 0 Å². The lowest BCUT2D eigenvalue weighted by Crippen LogP contribution is -2.43. The largest absolute Gasteiger partial charge is 0.480 e. The van der Waals surface area contributed by atoms with E-state index in [1.807, 2.05) is 37.3 Å². The van der Waals surface area contributed by atoms with E-state index in [0.29, 0.717) is 6.54 Å². The molecule has 1 saturated carbocycles. The topological polar surface area (TPSA) is 60.9 Å². The summed E-state index contributed by atoms with van der Waals surface area (Å²) in [6, 6.07) is 9.72. The summed E-state index contributed by atoms with van der Waals surface area (Å²) < 4.78 is 0. The standard InChI is InChI=1S/C15H20N2O3/c1-2-17(13-6-4-3-5-7-13)14(18)10-16(11-15(19)20)12-8-9-12/h3-7,12H,2,8-11H2,1H3,(H,19,20). The zero-order chi connectivity index (χ0) is 14.5. The maximum Gasteiger partial charge on any atom is 0.317 e. The average molecular weight is 276 g/mol. The number of carbonyl (C=O) groups is 2. The number of aliphatic carboxylic acids is 1. The lowest BCUT2D eigenvalue weighted by atomic mass is 10.2. The van der Waals surface area contributed by atoms with E-state index in [4.69, 9.17) is 5.11 Å². The molecule has 108 valence electrons. The third-order valence-electron chi connectivity index (χ3n) is 3.43. The summed E-state index contributed by atoms with van der Waals surface area (Å²) in [6.45, 7) is 2.60. The third kappa shape index (κ3) is 3.81. The smallest absolute Gasteiger partial charge is 0.317 e. The monoisotopic (exact) mass is 276 g/mol. The minimum atomic E-state index is -0.882. The average Bonchev–Trinajstić information content (AvgIpc) is 3.24. The molecule has 0 spiro atoms. The Bertz CT molecular complexity index is 471. The number of anilines is 1. The molecule has 5 nitrogen and oxygen atoms in total. The van der Waals surface area contributed by atoms with Gasteiger partial charge in [0.05, 0.1) is 13.1 Å². The molecule has 0 heterocycles. The van der Waals surface area contributed by atoms with Gasteiger partial charge in [-0.15, -0.1) is 0 Å². The normalized spacial score (nSPS) is 14.3. The van der Waals surface area contributed by atoms with Gasteiger partial charge in [0, 0.05) is 18.3 Å². The number of carboxylic acids is 1. The number of carbonyl (C=O) groups excluding carboxylic acids is 1. The molecule has 0 saturated heterocycles. The molecule has 0 atom stereocenters. The van der Waals surface area contributed by atoms with Gasteiger partial charge in [0.1, 0.15) is 0 Å². The van der Waals surface area contributed by atoms with Crippen molar-refractivity contribution in [3.05, 3.63) is 30.3 Å². The summed E-state index contributed by atoms with van der Waals surface area (Å²) in [4.78, 5) is 26.7. The maximum atomic E-state index is 12.4. The molecule has 2 rings (SSSR count). The van der Waals surface area contributed by atoms with Crippen molar-refractivity contribution < 1.29 is 14.7 Å². The van der Waals surface area contributed by atoms with Crippen LogP contribution in [0.2, 0.25) is 0 Å². The Morgan fingerprint density at radius 2 is 1.85 bits per heavy atom. The van der Waals surface area contributed by atoms with Crippen LogP contribution in [0.25, 0.3) is 0 Å². The number of likely N-dealkylation sites (N-methyl/N-ethyl adjacent to an activating group) is 1. The van der Waals surface area contributed by atoms with E-state index in [1.54, 1.807) is 9.80 Å². The van der Waals surface area contributed by atoms with Crippen LogP contribution in [-0.4, -0.2) is 47.6 Å². The maximum absolute atomic E-state index is 12.4. The van der Waals surface area contributed by atoms with Crippen molar-refractivity contribution in [1.29, 1.82) is 0 Å². The zero-order valence-corrected chi connectivity index (χ0v) is 11.7. The summed E-state index contributed by atoms with van der Waals surface area (Å²) >= 11 is 0. The predicted molar refractivity (Wildman–Crippen MR) is 76.7 cm³/mol. The van der Waals surface area contributed by atoms with Crippen LogP contribution in [0.4, 0.5) is 5.69 Å². The number of carboxylic acid groups (broad SMARTS) is 1. The Balaban J connectivity index is 2.02. The highest BCUT2D eigenvalue weighted by molar-refractivity contribution is 5.95. The molecule has 20 heavy (non-hydrogen) atoms. The van der Waals surface area contributed by atoms with Gasteiger partial charge >= 0.3 is 5.97 Å². The van der Waals surface area contributed by atoms with Gasteiger partial charge in [-0.3, -0.25) is 14.5 Å². The second-order valence-corrected chi connectivity index (χ2v) is 5.00. The van der Waals surface area contributed by atoms with Crippen molar-refractivity contribution in [3.8, 4) is 0 Å². The Labute approximate surface area is 118 Å². The van der Waals surface area contributed by atoms with Crippen molar-refractivity contribution in [2.24, 2.45) is 0 Å². The van der Waals surface area contributed by atoms with E-state index in [9.17, 15) is 9.59 Å². The molecule has 1 amide bonds. The summed E-state index contributed by atoms with van der Waals surface area (Å²) in [6.07, 6.45) is 1.97. The molecule has 0 unspecified atom stereocenters. The summed E-state index contributed by atoms with van der Waals surface area (Å²) in [5.41, 5.74) is 0.853. The minimum absolute atomic E-state index is 0.0492. The van der Waals surface area contributed by atoms with E-state index < -0.39 is 5.97 Å². The van der Waals surface area contributed by atoms with E-state index in [-0.39, 0.29) is 25.0 Å². The van der Waals surface area contributed by atoms with Gasteiger partial charge in [0.2, 0.25) is 5.91 Å². The van der Waals surface area contributed by atoms with Crippen LogP contribution in [-0.2, 0) is 9.59 Å². The van der Waals surface area contributed by atoms with Gasteiger partial charge in [-0.2, -0.15) is 0 Å². The number of para-hydroxylation sites is 1. The quantitative estimate of drug-likeness (QED) is 0.821. The number of benzene rings is 1. The molecule has 1 fully saturated rings. The van der Waals surface area contributed by atoms with Crippen LogP contribution in [0, 0.1) is 0 Å². The van der Waals surface area contributed by atoms with E-state index >= 15 is 0 Å². The van der Waals surface area contributed by atoms with Gasteiger partial charge in [-0.25, -0.2) is 0 Å². The molecule has 0 bridgehead atoms. The number of hydrogen-bond acceptors (Lipinski definition) is 3. The fraction of sp³-hybridized carbons (Fsp3) is 0.467. The first-order chi connectivity index (χ1) is 9.61. The predicted octanol–water partition coefficient (Wildman–Crippen LogP) is 1.59. The van der Waals surface area contributed by atoms with Crippen LogP contribution >= 0.6 is 0 Å². The Morgan fingerprint density at radius 3 is 2.35 bits per heavy atom. The highest BCUT2D eigenvalue weighted by Gasteiger charge is 2.32. The number of nitrogens with zero attached hydrogens (tertiary/aromatic N) is 2. The van der Waals surface area contributed by atoms with Crippen LogP contribution in [0.3, 0.4) is 0 Å². The molecule has 1 aliphatic rings. The SMILES string of the molecule is CCN(C(=O)CN(CC(=O)O)C1CC1)c1ccccc1. The van der Waals surface area contributed by atoms with Gasteiger partial charge < -0.3 is 10.0 Å². The van der Waals surface area contributed by atoms with Crippen LogP contribution in [0.5, 0.6) is 0 Å². The fourth-order valence-corrected chi connectivity index (χ4v) is 2.30. The fourth-order valence-electron chi connectivity index (χ4n) is 2.30. The number of hydrogen-bond donors (Lipinski definition) is 1. The first kappa shape index (κ1) is 14.5. The molecule has 1 aliphatic carbocycles. The lowest BCUT2D eigenvalue weighted by Gasteiger charge is -2.25. The Kier molecular flexibility index (Phi) is 4.74. The third-order valence-corrected chi connectivity index (χ3v) is 3.43. The van der Waals surface area contributed by atoms with Crippen molar-refractivity contribution >= 4 is 17.6 Å². The Morgan fingerprint density at radius 1 is 1.20 bits per heavy atom. The molecule has 5 heteroatoms. The Hall–Kier alpha value is -1.88. The second-order valence-electron chi connectivity index (χ2n) is 5.00. The number of amides is 1. The van der Waals surface area contributed by atoms with Crippen molar-refractivity contribution in [2.75, 3.05) is 24.5 Å². The molecular weight excluding hydrogens is 256 g/mol. The molecule has 0 aliphatic heterocycles. The molecule has 0 aromatic heterocycles. The van der Waals surface area contributed by atoms with E-state index in [2.05, 4.69) is 0 Å². The molecular formula is C15H20N2O3. The molecule has 0 radical (unpaired) electrons. The first-order valence-corrected chi connectivity index (χ1v) is 6.93. The van der Waals surface area contributed by atoms with Crippen LogP contribution in [0.1, 0.15) is 19.8 Å². The highest BCUT2D eigenvalue weighted by atomic mass is 16.4. The van der Waals surface area contributed by atoms with Crippen molar-refractivity contribution in [3.63, 3.8) is 0 Å². The van der Waals surface area contributed by atoms with Gasteiger partial charge in [0.15, 0.2) is 0 Å². The van der Waals surface area contributed by atoms with Gasteiger partial charge in [-0.1, -0.05) is 18.2 Å². The van der Waals surface area contributed by atoms with Crippen LogP contribution in [0.15, 0.2) is 30.3 Å². The minimum Gasteiger partial charge on any atom is -0.480 e. The van der Waals surface area contributed by atoms with Gasteiger partial charge in [0.25, 0.3) is 0 Å². The summed E-state index contributed by atoms with van der Waals surface area (Å²) in [5, 5.41) is 8.92. The van der Waals surface area contributed by atoms with Crippen molar-refractivity contribution in [1.82, 2.24) is 4.90 Å². The molecule has 1 aromatic carbocycles. The lowest BCUT2D eigenvalue weighted by molar-refractivity contribution is -0.138. The van der Waals surface area contributed by atoms with Crippen LogP contribution < -0.4 is 4.90 Å². The number of rotatable bonds is 7. The highest BCUT2D eigenvalue weighted by Crippen LogP contribution is 2.26. The summed E-state index contributed by atoms with van der Waals surface area (Å²) in [5.74, 6) is -0.931.